The third-order valence-electron chi connectivity index (χ3n) is 5.45. The summed E-state index contributed by atoms with van der Waals surface area (Å²) in [6, 6.07) is 7.88. The van der Waals surface area contributed by atoms with Gasteiger partial charge in [0.15, 0.2) is 0 Å². The first-order chi connectivity index (χ1) is 13.6. The summed E-state index contributed by atoms with van der Waals surface area (Å²) >= 11 is 6.50. The van der Waals surface area contributed by atoms with Gasteiger partial charge < -0.3 is 9.80 Å². The molecule has 3 nitrogen and oxygen atoms in total. The number of carbonyl (C=O) groups excluding carboxylic acids is 1. The summed E-state index contributed by atoms with van der Waals surface area (Å²) in [5.41, 5.74) is 4.39. The van der Waals surface area contributed by atoms with Crippen molar-refractivity contribution in [1.29, 1.82) is 0 Å². The molecule has 28 heavy (non-hydrogen) atoms. The Balaban J connectivity index is 0.00000136. The summed E-state index contributed by atoms with van der Waals surface area (Å²) < 4.78 is 13.3. The molecule has 3 rings (SSSR count). The van der Waals surface area contributed by atoms with Crippen molar-refractivity contribution in [2.75, 3.05) is 19.8 Å². The lowest BCUT2D eigenvalue weighted by atomic mass is 9.85. The normalized spacial score (nSPS) is 22.6. The van der Waals surface area contributed by atoms with Crippen molar-refractivity contribution in [3.8, 4) is 0 Å². The number of amides is 1. The maximum absolute atomic E-state index is 13.3. The number of nitrogens with zero attached hydrogens (tertiary/aromatic N) is 2. The number of allylic oxidation sites excluding steroid dienone is 1. The molecule has 2 atom stereocenters. The Morgan fingerprint density at radius 2 is 2.04 bits per heavy atom. The smallest absolute Gasteiger partial charge is 0.210 e. The van der Waals surface area contributed by atoms with E-state index in [2.05, 4.69) is 24.8 Å². The fourth-order valence-electron chi connectivity index (χ4n) is 4.32. The third kappa shape index (κ3) is 4.43. The molecule has 154 valence electrons. The highest BCUT2D eigenvalue weighted by molar-refractivity contribution is 6.31. The topological polar surface area (TPSA) is 23.6 Å². The van der Waals surface area contributed by atoms with Crippen molar-refractivity contribution in [2.45, 2.75) is 59.0 Å². The fourth-order valence-corrected chi connectivity index (χ4v) is 4.58. The predicted molar refractivity (Wildman–Crippen MR) is 115 cm³/mol. The molecule has 0 saturated carbocycles. The Morgan fingerprint density at radius 1 is 1.32 bits per heavy atom. The number of alkyl halides is 1. The van der Waals surface area contributed by atoms with E-state index in [0.29, 0.717) is 6.54 Å². The van der Waals surface area contributed by atoms with Crippen LogP contribution in [0, 0.1) is 0 Å². The van der Waals surface area contributed by atoms with Gasteiger partial charge in [-0.3, -0.25) is 4.79 Å². The van der Waals surface area contributed by atoms with Crippen molar-refractivity contribution in [2.24, 2.45) is 0 Å². The lowest BCUT2D eigenvalue weighted by Crippen LogP contribution is -2.46. The molecule has 2 aliphatic heterocycles. The van der Waals surface area contributed by atoms with Gasteiger partial charge in [-0.05, 0) is 55.0 Å². The quantitative estimate of drug-likeness (QED) is 0.547. The van der Waals surface area contributed by atoms with Crippen molar-refractivity contribution in [1.82, 2.24) is 9.80 Å². The Kier molecular flexibility index (Phi) is 8.56. The van der Waals surface area contributed by atoms with E-state index in [-0.39, 0.29) is 12.1 Å². The van der Waals surface area contributed by atoms with Crippen LogP contribution in [0.5, 0.6) is 0 Å². The maximum Gasteiger partial charge on any atom is 0.210 e. The first-order valence-electron chi connectivity index (χ1n) is 10.3. The summed E-state index contributed by atoms with van der Waals surface area (Å²) in [6.45, 7) is 9.21. The average Bonchev–Trinajstić information content (AvgIpc) is 3.11. The van der Waals surface area contributed by atoms with E-state index in [1.165, 1.54) is 5.57 Å². The van der Waals surface area contributed by atoms with E-state index in [1.54, 1.807) is 6.08 Å². The fraction of sp³-hybridized carbons (Fsp3) is 0.522. The molecular formula is C23H32ClFN2O. The minimum absolute atomic E-state index is 0.0946. The van der Waals surface area contributed by atoms with E-state index in [1.807, 2.05) is 36.9 Å². The average molecular weight is 407 g/mol. The van der Waals surface area contributed by atoms with Gasteiger partial charge in [-0.2, -0.15) is 0 Å². The minimum atomic E-state index is -0.522. The second kappa shape index (κ2) is 10.7. The largest absolute Gasteiger partial charge is 0.364 e. The highest BCUT2D eigenvalue weighted by Crippen LogP contribution is 2.47. The SMILES string of the molecule is CC.CCCN(C=O)C1CC(c2ccccc2Cl)N2CCC(C)=C2/C1=C\CF. The van der Waals surface area contributed by atoms with Gasteiger partial charge in [-0.15, -0.1) is 0 Å². The summed E-state index contributed by atoms with van der Waals surface area (Å²) in [7, 11) is 0. The molecule has 1 aromatic carbocycles. The second-order valence-corrected chi connectivity index (χ2v) is 7.43. The molecule has 1 aromatic rings. The number of piperidine rings is 1. The van der Waals surface area contributed by atoms with E-state index >= 15 is 0 Å². The molecule has 0 aromatic heterocycles. The first kappa shape index (κ1) is 22.5. The standard InChI is InChI=1S/C21H26ClFN2O.C2H6/c1-3-11-24(14-26)19-13-20(16-6-4-5-7-18(16)22)25-12-9-15(2)21(25)17(19)8-10-23;1-2/h4-8,14,19-20H,3,9-13H2,1-2H3;1-2H3/b17-8-;. The Bertz CT molecular complexity index is 731. The number of rotatable bonds is 6. The van der Waals surface area contributed by atoms with Crippen LogP contribution in [-0.4, -0.2) is 42.0 Å². The van der Waals surface area contributed by atoms with E-state index in [9.17, 15) is 9.18 Å². The number of benzene rings is 1. The number of hydrogen-bond acceptors (Lipinski definition) is 2. The number of hydrogen-bond donors (Lipinski definition) is 0. The van der Waals surface area contributed by atoms with Gasteiger partial charge in [-0.25, -0.2) is 4.39 Å². The van der Waals surface area contributed by atoms with Crippen molar-refractivity contribution in [3.63, 3.8) is 0 Å². The summed E-state index contributed by atoms with van der Waals surface area (Å²) in [6.07, 6.45) is 5.12. The van der Waals surface area contributed by atoms with Crippen LogP contribution >= 0.6 is 11.6 Å². The molecule has 0 aliphatic carbocycles. The van der Waals surface area contributed by atoms with Crippen molar-refractivity contribution in [3.05, 3.63) is 57.8 Å². The van der Waals surface area contributed by atoms with Crippen LogP contribution in [-0.2, 0) is 4.79 Å². The molecule has 1 amide bonds. The van der Waals surface area contributed by atoms with Gasteiger partial charge in [0.25, 0.3) is 0 Å². The number of fused-ring (bicyclic) bond motifs is 1. The van der Waals surface area contributed by atoms with Gasteiger partial charge in [0.1, 0.15) is 6.67 Å². The van der Waals surface area contributed by atoms with Crippen molar-refractivity contribution < 1.29 is 9.18 Å². The zero-order valence-corrected chi connectivity index (χ0v) is 18.2. The molecule has 2 heterocycles. The van der Waals surface area contributed by atoms with Gasteiger partial charge in [0.2, 0.25) is 6.41 Å². The molecule has 1 saturated heterocycles. The van der Waals surface area contributed by atoms with Gasteiger partial charge in [0, 0.05) is 23.8 Å². The van der Waals surface area contributed by atoms with Crippen LogP contribution in [0.1, 0.15) is 58.6 Å². The highest BCUT2D eigenvalue weighted by atomic mass is 35.5. The first-order valence-corrected chi connectivity index (χ1v) is 10.7. The second-order valence-electron chi connectivity index (χ2n) is 7.02. The predicted octanol–water partition coefficient (Wildman–Crippen LogP) is 5.92. The third-order valence-corrected chi connectivity index (χ3v) is 5.80. The zero-order chi connectivity index (χ0) is 20.7. The molecule has 1 fully saturated rings. The molecule has 0 N–H and O–H groups in total. The van der Waals surface area contributed by atoms with Crippen LogP contribution in [0.15, 0.2) is 47.2 Å². The molecule has 0 bridgehead atoms. The van der Waals surface area contributed by atoms with Crippen LogP contribution in [0.4, 0.5) is 4.39 Å². The lowest BCUT2D eigenvalue weighted by Gasteiger charge is -2.45. The summed E-state index contributed by atoms with van der Waals surface area (Å²) in [4.78, 5) is 15.9. The highest BCUT2D eigenvalue weighted by Gasteiger charge is 2.41. The monoisotopic (exact) mass is 406 g/mol. The number of carbonyl (C=O) groups is 1. The van der Waals surface area contributed by atoms with Crippen LogP contribution in [0.25, 0.3) is 0 Å². The summed E-state index contributed by atoms with van der Waals surface area (Å²) in [5.74, 6) is 0. The number of halogens is 2. The Morgan fingerprint density at radius 3 is 2.64 bits per heavy atom. The van der Waals surface area contributed by atoms with E-state index < -0.39 is 6.67 Å². The van der Waals surface area contributed by atoms with Crippen LogP contribution in [0.2, 0.25) is 5.02 Å². The van der Waals surface area contributed by atoms with Crippen LogP contribution in [0.3, 0.4) is 0 Å². The Hall–Kier alpha value is -1.81. The van der Waals surface area contributed by atoms with Crippen LogP contribution < -0.4 is 0 Å². The van der Waals surface area contributed by atoms with Gasteiger partial charge >= 0.3 is 0 Å². The van der Waals surface area contributed by atoms with E-state index in [0.717, 1.165) is 54.1 Å². The molecule has 0 spiro atoms. The van der Waals surface area contributed by atoms with Gasteiger partial charge in [0.05, 0.1) is 12.1 Å². The van der Waals surface area contributed by atoms with Crippen molar-refractivity contribution >= 4 is 18.0 Å². The molecular weight excluding hydrogens is 375 g/mol. The Labute approximate surface area is 173 Å². The molecule has 2 unspecified atom stereocenters. The van der Waals surface area contributed by atoms with Gasteiger partial charge in [-0.1, -0.05) is 50.6 Å². The minimum Gasteiger partial charge on any atom is -0.364 e. The zero-order valence-electron chi connectivity index (χ0n) is 17.4. The lowest BCUT2D eigenvalue weighted by molar-refractivity contribution is -0.120. The molecule has 5 heteroatoms. The van der Waals surface area contributed by atoms with E-state index in [4.69, 9.17) is 11.6 Å². The molecule has 0 radical (unpaired) electrons. The maximum atomic E-state index is 13.3. The molecule has 2 aliphatic rings. The summed E-state index contributed by atoms with van der Waals surface area (Å²) in [5, 5.41) is 0.742.